The maximum absolute atomic E-state index is 14.9. The third kappa shape index (κ3) is 4.11. The van der Waals surface area contributed by atoms with Crippen molar-refractivity contribution in [2.75, 3.05) is 18.6 Å². The largest absolute Gasteiger partial charge is 0.469 e. The highest BCUT2D eigenvalue weighted by Gasteiger charge is 2.35. The van der Waals surface area contributed by atoms with Gasteiger partial charge in [0.2, 0.25) is 5.82 Å². The van der Waals surface area contributed by atoms with E-state index < -0.39 is 29.8 Å². The Labute approximate surface area is 180 Å². The highest BCUT2D eigenvalue weighted by atomic mass is 19.2. The molecule has 1 aliphatic rings. The first-order valence-corrected chi connectivity index (χ1v) is 9.61. The molecule has 2 aromatic heterocycles. The van der Waals surface area contributed by atoms with Crippen LogP contribution in [-0.2, 0) is 21.3 Å². The molecule has 166 valence electrons. The first-order valence-electron chi connectivity index (χ1n) is 9.61. The number of carbonyl (C=O) groups is 2. The molecule has 1 atom stereocenters. The Hall–Kier alpha value is -3.96. The summed E-state index contributed by atoms with van der Waals surface area (Å²) >= 11 is 0. The molecule has 3 aromatic rings. The van der Waals surface area contributed by atoms with Gasteiger partial charge in [-0.05, 0) is 29.8 Å². The van der Waals surface area contributed by atoms with Crippen LogP contribution in [0.5, 0.6) is 0 Å². The van der Waals surface area contributed by atoms with Crippen LogP contribution in [0.15, 0.2) is 30.5 Å². The van der Waals surface area contributed by atoms with Crippen LogP contribution in [0.3, 0.4) is 0 Å². The number of rotatable bonds is 6. The summed E-state index contributed by atoms with van der Waals surface area (Å²) in [6.07, 6.45) is 0.195. The molecule has 1 amide bonds. The van der Waals surface area contributed by atoms with Crippen LogP contribution in [-0.4, -0.2) is 57.0 Å². The highest BCUT2D eigenvalue weighted by molar-refractivity contribution is 5.90. The molecule has 1 aliphatic heterocycles. The summed E-state index contributed by atoms with van der Waals surface area (Å²) in [5.74, 6) is -2.46. The molecular formula is C20H18F2N6O4. The van der Waals surface area contributed by atoms with Crippen LogP contribution < -0.4 is 4.90 Å². The first kappa shape index (κ1) is 21.3. The Bertz CT molecular complexity index is 1170. The Morgan fingerprint density at radius 1 is 1.25 bits per heavy atom. The van der Waals surface area contributed by atoms with E-state index in [0.29, 0.717) is 17.1 Å². The van der Waals surface area contributed by atoms with Crippen LogP contribution in [0.4, 0.5) is 19.3 Å². The molecular weight excluding hydrogens is 426 g/mol. The third-order valence-electron chi connectivity index (χ3n) is 4.94. The lowest BCUT2D eigenvalue weighted by Gasteiger charge is -2.16. The minimum Gasteiger partial charge on any atom is -0.469 e. The van der Waals surface area contributed by atoms with Crippen molar-refractivity contribution in [2.24, 2.45) is 7.05 Å². The van der Waals surface area contributed by atoms with Crippen molar-refractivity contribution < 1.29 is 27.8 Å². The maximum Gasteiger partial charge on any atom is 0.414 e. The van der Waals surface area contributed by atoms with Crippen molar-refractivity contribution in [3.8, 4) is 22.6 Å². The minimum atomic E-state index is -1.19. The average Bonchev–Trinajstić information content (AvgIpc) is 3.39. The van der Waals surface area contributed by atoms with Gasteiger partial charge in [0.1, 0.15) is 11.8 Å². The van der Waals surface area contributed by atoms with Gasteiger partial charge in [-0.1, -0.05) is 6.07 Å². The van der Waals surface area contributed by atoms with Gasteiger partial charge >= 0.3 is 12.1 Å². The third-order valence-corrected chi connectivity index (χ3v) is 4.94. The molecule has 4 rings (SSSR count). The normalized spacial score (nSPS) is 15.7. The fraction of sp³-hybridized carbons (Fsp3) is 0.300. The number of amides is 1. The topological polar surface area (TPSA) is 112 Å². The number of benzene rings is 1. The lowest BCUT2D eigenvalue weighted by Crippen LogP contribution is -2.26. The molecule has 3 heterocycles. The molecule has 0 aliphatic carbocycles. The van der Waals surface area contributed by atoms with Gasteiger partial charge in [0, 0.05) is 23.7 Å². The van der Waals surface area contributed by atoms with Crippen molar-refractivity contribution in [2.45, 2.75) is 18.9 Å². The van der Waals surface area contributed by atoms with Gasteiger partial charge in [-0.25, -0.2) is 13.6 Å². The summed E-state index contributed by atoms with van der Waals surface area (Å²) in [6, 6.07) is 5.79. The summed E-state index contributed by atoms with van der Waals surface area (Å²) < 4.78 is 39.4. The van der Waals surface area contributed by atoms with Crippen LogP contribution in [0.2, 0.25) is 0 Å². The number of nitrogens with zero attached hydrogens (tertiary/aromatic N) is 6. The van der Waals surface area contributed by atoms with E-state index in [9.17, 15) is 18.4 Å². The number of halogens is 2. The SMILES string of the molecule is COC(=O)CC[C@H]1CN(c2ccc(-c3ccc(-c4nnn(C)n4)nc3)c(F)c2F)C(=O)O1. The van der Waals surface area contributed by atoms with Gasteiger partial charge in [-0.15, -0.1) is 10.2 Å². The molecule has 12 heteroatoms. The summed E-state index contributed by atoms with van der Waals surface area (Å²) in [5.41, 5.74) is 0.495. The predicted octanol–water partition coefficient (Wildman–Crippen LogP) is 2.50. The van der Waals surface area contributed by atoms with Crippen molar-refractivity contribution in [3.63, 3.8) is 0 Å². The van der Waals surface area contributed by atoms with Gasteiger partial charge in [0.15, 0.2) is 11.6 Å². The molecule has 0 saturated carbocycles. The average molecular weight is 444 g/mol. The zero-order valence-electron chi connectivity index (χ0n) is 17.2. The molecule has 0 spiro atoms. The lowest BCUT2D eigenvalue weighted by molar-refractivity contribution is -0.141. The Balaban J connectivity index is 1.53. The summed E-state index contributed by atoms with van der Waals surface area (Å²) in [6.45, 7) is -0.00705. The zero-order valence-corrected chi connectivity index (χ0v) is 17.2. The predicted molar refractivity (Wildman–Crippen MR) is 106 cm³/mol. The highest BCUT2D eigenvalue weighted by Crippen LogP contribution is 2.33. The smallest absolute Gasteiger partial charge is 0.414 e. The van der Waals surface area contributed by atoms with Gasteiger partial charge in [0.05, 0.1) is 26.4 Å². The van der Waals surface area contributed by atoms with Crippen LogP contribution in [0.25, 0.3) is 22.6 Å². The van der Waals surface area contributed by atoms with Gasteiger partial charge in [-0.2, -0.15) is 4.80 Å². The van der Waals surface area contributed by atoms with Crippen molar-refractivity contribution in [3.05, 3.63) is 42.1 Å². The van der Waals surface area contributed by atoms with E-state index in [1.165, 1.54) is 30.2 Å². The lowest BCUT2D eigenvalue weighted by atomic mass is 10.1. The second-order valence-corrected chi connectivity index (χ2v) is 7.03. The van der Waals surface area contributed by atoms with Crippen LogP contribution in [0, 0.1) is 11.6 Å². The maximum atomic E-state index is 14.9. The van der Waals surface area contributed by atoms with Crippen molar-refractivity contribution in [1.82, 2.24) is 25.2 Å². The van der Waals surface area contributed by atoms with E-state index in [4.69, 9.17) is 4.74 Å². The second-order valence-electron chi connectivity index (χ2n) is 7.03. The molecule has 0 unspecified atom stereocenters. The molecule has 0 bridgehead atoms. The summed E-state index contributed by atoms with van der Waals surface area (Å²) in [5, 5.41) is 11.6. The van der Waals surface area contributed by atoms with Crippen molar-refractivity contribution in [1.29, 1.82) is 0 Å². The Morgan fingerprint density at radius 2 is 2.06 bits per heavy atom. The number of ether oxygens (including phenoxy) is 2. The molecule has 10 nitrogen and oxygen atoms in total. The number of anilines is 1. The number of aromatic nitrogens is 5. The number of methoxy groups -OCH3 is 1. The number of aryl methyl sites for hydroxylation is 1. The van der Waals surface area contributed by atoms with E-state index >= 15 is 0 Å². The van der Waals surface area contributed by atoms with E-state index in [-0.39, 0.29) is 30.6 Å². The van der Waals surface area contributed by atoms with E-state index in [1.54, 1.807) is 19.2 Å². The number of esters is 1. The first-order chi connectivity index (χ1) is 15.4. The number of carbonyl (C=O) groups excluding carboxylic acids is 2. The fourth-order valence-electron chi connectivity index (χ4n) is 3.29. The summed E-state index contributed by atoms with van der Waals surface area (Å²) in [7, 11) is 2.87. The van der Waals surface area contributed by atoms with E-state index in [1.807, 2.05) is 0 Å². The number of tetrazole rings is 1. The quantitative estimate of drug-likeness (QED) is 0.533. The molecule has 1 saturated heterocycles. The molecule has 1 fully saturated rings. The zero-order chi connectivity index (χ0) is 22.8. The Kier molecular flexibility index (Phi) is 5.75. The fourth-order valence-corrected chi connectivity index (χ4v) is 3.29. The second kappa shape index (κ2) is 8.65. The molecule has 0 N–H and O–H groups in total. The summed E-state index contributed by atoms with van der Waals surface area (Å²) in [4.78, 5) is 29.9. The standard InChI is InChI=1S/C20H18F2N6O4/c1-27-25-19(24-26-27)14-6-3-11(9-23-14)13-5-7-15(18(22)17(13)21)28-10-12(32-20(28)30)4-8-16(29)31-2/h3,5-7,9,12H,4,8,10H2,1-2H3/t12-/m0/s1. The number of hydrogen-bond donors (Lipinski definition) is 0. The van der Waals surface area contributed by atoms with Gasteiger partial charge < -0.3 is 9.47 Å². The molecule has 1 aromatic carbocycles. The number of pyridine rings is 1. The van der Waals surface area contributed by atoms with Gasteiger partial charge in [-0.3, -0.25) is 14.7 Å². The Morgan fingerprint density at radius 3 is 2.72 bits per heavy atom. The van der Waals surface area contributed by atoms with Crippen molar-refractivity contribution >= 4 is 17.7 Å². The van der Waals surface area contributed by atoms with E-state index in [2.05, 4.69) is 25.1 Å². The monoisotopic (exact) mass is 444 g/mol. The van der Waals surface area contributed by atoms with Crippen LogP contribution in [0.1, 0.15) is 12.8 Å². The minimum absolute atomic E-state index is 0.00705. The number of cyclic esters (lactones) is 1. The molecule has 32 heavy (non-hydrogen) atoms. The van der Waals surface area contributed by atoms with Crippen LogP contribution >= 0.6 is 0 Å². The molecule has 0 radical (unpaired) electrons. The van der Waals surface area contributed by atoms with Gasteiger partial charge in [0.25, 0.3) is 0 Å². The van der Waals surface area contributed by atoms with E-state index in [0.717, 1.165) is 4.90 Å². The number of hydrogen-bond acceptors (Lipinski definition) is 8.